The van der Waals surface area contributed by atoms with Gasteiger partial charge in [0.2, 0.25) is 0 Å². The maximum atomic E-state index is 13.9. The maximum absolute atomic E-state index is 13.9. The molecule has 2 heterocycles. The number of nitrogens with one attached hydrogen (secondary N) is 1. The van der Waals surface area contributed by atoms with Crippen LogP contribution in [-0.2, 0) is 0 Å². The number of benzene rings is 2. The second-order valence-corrected chi connectivity index (χ2v) is 6.87. The number of methoxy groups -OCH3 is 1. The van der Waals surface area contributed by atoms with Gasteiger partial charge in [-0.15, -0.1) is 0 Å². The third kappa shape index (κ3) is 3.02. The van der Waals surface area contributed by atoms with E-state index in [4.69, 9.17) is 16.3 Å². The number of ether oxygens (including phenoxy) is 1. The van der Waals surface area contributed by atoms with Crippen LogP contribution in [-0.4, -0.2) is 29.4 Å². The molecule has 6 nitrogen and oxygen atoms in total. The fourth-order valence-electron chi connectivity index (χ4n) is 3.63. The molecular weight excluding hydrogens is 359 g/mol. The van der Waals surface area contributed by atoms with E-state index in [1.807, 2.05) is 6.92 Å². The van der Waals surface area contributed by atoms with Crippen molar-refractivity contribution in [1.82, 2.24) is 14.9 Å². The first-order valence-electron chi connectivity index (χ1n) is 8.98. The molecule has 7 heteroatoms. The predicted molar refractivity (Wildman–Crippen MR) is 105 cm³/mol. The summed E-state index contributed by atoms with van der Waals surface area (Å²) in [6.07, 6.45) is -0.722. The Kier molecular flexibility index (Phi) is 4.57. The molecule has 1 fully saturated rings. The minimum atomic E-state index is -0.979. The van der Waals surface area contributed by atoms with E-state index in [-0.39, 0.29) is 24.6 Å². The third-order valence-corrected chi connectivity index (χ3v) is 5.02. The van der Waals surface area contributed by atoms with E-state index >= 15 is 0 Å². The molecule has 1 aromatic heterocycles. The van der Waals surface area contributed by atoms with Crippen LogP contribution in [0.5, 0.6) is 5.75 Å². The highest BCUT2D eigenvalue weighted by Crippen LogP contribution is 2.29. The Morgan fingerprint density at radius 3 is 2.68 bits per heavy atom. The molecule has 1 aliphatic heterocycles. The largest absolute Gasteiger partial charge is 0.497 e. The Balaban J connectivity index is 2.02. The summed E-state index contributed by atoms with van der Waals surface area (Å²) >= 11 is 0. The van der Waals surface area contributed by atoms with Gasteiger partial charge in [0.15, 0.2) is 5.69 Å². The second-order valence-electron chi connectivity index (χ2n) is 6.87. The molecule has 2 aromatic carbocycles. The second kappa shape index (κ2) is 7.06. The van der Waals surface area contributed by atoms with Gasteiger partial charge in [-0.1, -0.05) is 6.07 Å². The summed E-state index contributed by atoms with van der Waals surface area (Å²) in [6.45, 7) is 9.34. The summed E-state index contributed by atoms with van der Waals surface area (Å²) in [5, 5.41) is 3.49. The molecule has 0 saturated carbocycles. The molecule has 3 aromatic rings. The summed E-state index contributed by atoms with van der Waals surface area (Å²) in [4.78, 5) is 21.6. The molecule has 0 spiro atoms. The minimum Gasteiger partial charge on any atom is -0.497 e. The molecule has 1 N–H and O–H groups in total. The van der Waals surface area contributed by atoms with E-state index < -0.39 is 6.17 Å². The lowest BCUT2D eigenvalue weighted by molar-refractivity contribution is 0.354. The number of rotatable bonds is 3. The fourth-order valence-corrected chi connectivity index (χ4v) is 3.63. The van der Waals surface area contributed by atoms with E-state index in [2.05, 4.69) is 10.2 Å². The van der Waals surface area contributed by atoms with Crippen molar-refractivity contribution in [3.8, 4) is 11.4 Å². The Morgan fingerprint density at radius 1 is 1.32 bits per heavy atom. The van der Waals surface area contributed by atoms with Gasteiger partial charge in [0, 0.05) is 13.0 Å². The molecular formula is C21H19FN4O2. The topological polar surface area (TPSA) is 60.5 Å². The Hall–Kier alpha value is -3.24. The lowest BCUT2D eigenvalue weighted by atomic mass is 10.1. The van der Waals surface area contributed by atoms with Crippen molar-refractivity contribution in [2.75, 3.05) is 13.7 Å². The molecule has 2 atom stereocenters. The SMILES string of the molecule is [C-]#[N+]c1cc(C)c2nc([C@H]3C[C@H](F)CN3)n(-c3ccc(OC)cc3)c(=O)c2c1. The van der Waals surface area contributed by atoms with E-state index in [0.717, 1.165) is 5.56 Å². The summed E-state index contributed by atoms with van der Waals surface area (Å²) in [5.41, 5.74) is 2.02. The molecule has 142 valence electrons. The van der Waals surface area contributed by atoms with Crippen molar-refractivity contribution in [2.24, 2.45) is 0 Å². The van der Waals surface area contributed by atoms with Gasteiger partial charge in [-0.25, -0.2) is 14.2 Å². The molecule has 1 aliphatic rings. The van der Waals surface area contributed by atoms with Crippen molar-refractivity contribution >= 4 is 16.6 Å². The summed E-state index contributed by atoms with van der Waals surface area (Å²) in [6, 6.07) is 9.97. The zero-order chi connectivity index (χ0) is 19.8. The van der Waals surface area contributed by atoms with Gasteiger partial charge in [0.25, 0.3) is 5.56 Å². The summed E-state index contributed by atoms with van der Waals surface area (Å²) in [5.74, 6) is 1.14. The number of hydrogen-bond donors (Lipinski definition) is 1. The molecule has 0 bridgehead atoms. The van der Waals surface area contributed by atoms with Gasteiger partial charge in [0.05, 0.1) is 36.3 Å². The van der Waals surface area contributed by atoms with Gasteiger partial charge in [-0.2, -0.15) is 0 Å². The summed E-state index contributed by atoms with van der Waals surface area (Å²) < 4.78 is 20.6. The number of halogens is 1. The average Bonchev–Trinajstić information content (AvgIpc) is 3.14. The average molecular weight is 378 g/mol. The highest BCUT2D eigenvalue weighted by Gasteiger charge is 2.30. The smallest absolute Gasteiger partial charge is 0.264 e. The fraction of sp³-hybridized carbons (Fsp3) is 0.286. The molecule has 1 saturated heterocycles. The number of aryl methyl sites for hydroxylation is 1. The molecule has 0 amide bonds. The summed E-state index contributed by atoms with van der Waals surface area (Å²) in [7, 11) is 1.57. The van der Waals surface area contributed by atoms with Crippen LogP contribution in [0.1, 0.15) is 23.9 Å². The van der Waals surface area contributed by atoms with Gasteiger partial charge in [-0.3, -0.25) is 9.36 Å². The number of fused-ring (bicyclic) bond motifs is 1. The van der Waals surface area contributed by atoms with Crippen molar-refractivity contribution in [3.63, 3.8) is 0 Å². The molecule has 4 rings (SSSR count). The van der Waals surface area contributed by atoms with Crippen LogP contribution in [0.4, 0.5) is 10.1 Å². The van der Waals surface area contributed by atoms with E-state index in [1.54, 1.807) is 43.5 Å². The highest BCUT2D eigenvalue weighted by atomic mass is 19.1. The zero-order valence-electron chi connectivity index (χ0n) is 15.6. The van der Waals surface area contributed by atoms with Crippen molar-refractivity contribution in [3.05, 3.63) is 69.6 Å². The number of alkyl halides is 1. The van der Waals surface area contributed by atoms with Gasteiger partial charge in [0.1, 0.15) is 17.7 Å². The van der Waals surface area contributed by atoms with Crippen LogP contribution >= 0.6 is 0 Å². The van der Waals surface area contributed by atoms with Crippen LogP contribution in [0.3, 0.4) is 0 Å². The first-order valence-corrected chi connectivity index (χ1v) is 8.98. The van der Waals surface area contributed by atoms with E-state index in [1.165, 1.54) is 4.57 Å². The molecule has 28 heavy (non-hydrogen) atoms. The highest BCUT2D eigenvalue weighted by molar-refractivity contribution is 5.85. The number of hydrogen-bond acceptors (Lipinski definition) is 4. The molecule has 0 radical (unpaired) electrons. The predicted octanol–water partition coefficient (Wildman–Crippen LogP) is 3.63. The van der Waals surface area contributed by atoms with Crippen molar-refractivity contribution in [2.45, 2.75) is 25.6 Å². The third-order valence-electron chi connectivity index (χ3n) is 5.02. The maximum Gasteiger partial charge on any atom is 0.264 e. The van der Waals surface area contributed by atoms with Crippen molar-refractivity contribution in [1.29, 1.82) is 0 Å². The van der Waals surface area contributed by atoms with Gasteiger partial charge >= 0.3 is 0 Å². The molecule has 0 aliphatic carbocycles. The van der Waals surface area contributed by atoms with Crippen molar-refractivity contribution < 1.29 is 9.13 Å². The Labute approximate surface area is 161 Å². The zero-order valence-corrected chi connectivity index (χ0v) is 15.6. The normalized spacial score (nSPS) is 18.9. The minimum absolute atomic E-state index is 0.233. The quantitative estimate of drug-likeness (QED) is 0.707. The number of nitrogens with zero attached hydrogens (tertiary/aromatic N) is 3. The van der Waals surface area contributed by atoms with Gasteiger partial charge < -0.3 is 10.1 Å². The first-order chi connectivity index (χ1) is 13.5. The number of aromatic nitrogens is 2. The van der Waals surface area contributed by atoms with Crippen LogP contribution in [0.15, 0.2) is 41.2 Å². The van der Waals surface area contributed by atoms with Gasteiger partial charge in [-0.05, 0) is 42.8 Å². The lowest BCUT2D eigenvalue weighted by Gasteiger charge is -2.19. The van der Waals surface area contributed by atoms with Crippen LogP contribution in [0.2, 0.25) is 0 Å². The van der Waals surface area contributed by atoms with Crippen LogP contribution < -0.4 is 15.6 Å². The molecule has 0 unspecified atom stereocenters. The lowest BCUT2D eigenvalue weighted by Crippen LogP contribution is -2.29. The monoisotopic (exact) mass is 378 g/mol. The van der Waals surface area contributed by atoms with Crippen LogP contribution in [0.25, 0.3) is 21.4 Å². The van der Waals surface area contributed by atoms with E-state index in [0.29, 0.717) is 33.9 Å². The Bertz CT molecular complexity index is 1150. The first kappa shape index (κ1) is 18.1. The van der Waals surface area contributed by atoms with E-state index in [9.17, 15) is 9.18 Å². The van der Waals surface area contributed by atoms with Crippen LogP contribution in [0, 0.1) is 13.5 Å². The Morgan fingerprint density at radius 2 is 2.07 bits per heavy atom. The standard InChI is InChI=1S/C21H19FN4O2/c1-12-8-14(23-2)10-17-19(12)25-20(18-9-13(22)11-24-18)26(21(17)27)15-4-6-16(28-3)7-5-15/h4-8,10,13,18,24H,9,11H2,1,3H3/t13-,18+/m0/s1.